The Morgan fingerprint density at radius 3 is 2.38 bits per heavy atom. The van der Waals surface area contributed by atoms with E-state index in [-0.39, 0.29) is 0 Å². The first kappa shape index (κ1) is 18.0. The monoisotopic (exact) mass is 360 g/mol. The zero-order valence-electron chi connectivity index (χ0n) is 15.0. The summed E-state index contributed by atoms with van der Waals surface area (Å²) in [6.45, 7) is 8.12. The Hall–Kier alpha value is -2.84. The van der Waals surface area contributed by atoms with Crippen LogP contribution in [0.5, 0.6) is 0 Å². The van der Waals surface area contributed by atoms with E-state index in [9.17, 15) is 0 Å². The van der Waals surface area contributed by atoms with Crippen LogP contribution in [0.2, 0.25) is 0 Å². The molecule has 0 heterocycles. The number of rotatable bonds is 5. The minimum absolute atomic E-state index is 0.486. The molecule has 3 heteroatoms. The minimum Gasteiger partial charge on any atom is -0.355 e. The topological polar surface area (TPSA) is 24.4 Å². The summed E-state index contributed by atoms with van der Waals surface area (Å²) in [5.74, 6) is 0. The van der Waals surface area contributed by atoms with E-state index in [4.69, 9.17) is 11.6 Å². The molecule has 2 nitrogen and oxygen atoms in total. The van der Waals surface area contributed by atoms with E-state index in [1.807, 2.05) is 42.5 Å². The first-order valence-electron chi connectivity index (χ1n) is 8.47. The summed E-state index contributed by atoms with van der Waals surface area (Å²) in [5.41, 5.74) is 6.88. The lowest BCUT2D eigenvalue weighted by atomic mass is 9.96. The molecule has 0 aromatic heterocycles. The molecule has 0 bridgehead atoms. The highest BCUT2D eigenvalue weighted by Gasteiger charge is 2.13. The second kappa shape index (κ2) is 8.03. The third-order valence-electron chi connectivity index (χ3n) is 4.02. The van der Waals surface area contributed by atoms with Crippen molar-refractivity contribution in [1.29, 1.82) is 0 Å². The number of nitrogens with zero attached hydrogens (tertiary/aromatic N) is 1. The number of nitrogens with one attached hydrogen (secondary N) is 1. The van der Waals surface area contributed by atoms with E-state index in [0.717, 1.165) is 33.8 Å². The maximum Gasteiger partial charge on any atom is 0.103 e. The van der Waals surface area contributed by atoms with Gasteiger partial charge in [-0.05, 0) is 48.7 Å². The van der Waals surface area contributed by atoms with Crippen LogP contribution in [0, 0.1) is 6.92 Å². The van der Waals surface area contributed by atoms with Crippen LogP contribution in [0.15, 0.2) is 84.4 Å². The number of aryl methyl sites for hydroxylation is 1. The van der Waals surface area contributed by atoms with Gasteiger partial charge in [-0.3, -0.25) is 0 Å². The number of hydrogen-bond acceptors (Lipinski definition) is 2. The summed E-state index contributed by atoms with van der Waals surface area (Å²) in [6, 6.07) is 24.5. The molecule has 3 aromatic carbocycles. The number of aliphatic imine (C=N–C) groups is 1. The number of hydrogen-bond donors (Lipinski definition) is 1. The van der Waals surface area contributed by atoms with Crippen molar-refractivity contribution in [3.8, 4) is 11.1 Å². The van der Waals surface area contributed by atoms with Crippen molar-refractivity contribution >= 4 is 33.8 Å². The molecule has 1 N–H and O–H groups in total. The van der Waals surface area contributed by atoms with Gasteiger partial charge in [-0.1, -0.05) is 72.8 Å². The van der Waals surface area contributed by atoms with Crippen molar-refractivity contribution in [3.05, 3.63) is 90.5 Å². The summed E-state index contributed by atoms with van der Waals surface area (Å²) in [6.07, 6.45) is 0. The van der Waals surface area contributed by atoms with Crippen LogP contribution in [0.25, 0.3) is 16.8 Å². The Balaban J connectivity index is 2.10. The van der Waals surface area contributed by atoms with Gasteiger partial charge in [-0.2, -0.15) is 0 Å². The molecule has 0 aliphatic rings. The van der Waals surface area contributed by atoms with E-state index in [0.29, 0.717) is 5.17 Å². The lowest BCUT2D eigenvalue weighted by molar-refractivity contribution is 1.43. The van der Waals surface area contributed by atoms with Crippen LogP contribution >= 0.6 is 11.6 Å². The van der Waals surface area contributed by atoms with Crippen LogP contribution in [0.4, 0.5) is 11.4 Å². The van der Waals surface area contributed by atoms with Crippen molar-refractivity contribution < 1.29 is 0 Å². The van der Waals surface area contributed by atoms with Gasteiger partial charge in [-0.15, -0.1) is 0 Å². The molecule has 130 valence electrons. The Kier molecular flexibility index (Phi) is 5.55. The number of anilines is 1. The fourth-order valence-electron chi connectivity index (χ4n) is 2.93. The smallest absolute Gasteiger partial charge is 0.103 e. The van der Waals surface area contributed by atoms with Crippen LogP contribution in [-0.2, 0) is 0 Å². The molecule has 0 aliphatic heterocycles. The third kappa shape index (κ3) is 4.22. The Bertz CT molecular complexity index is 955. The molecule has 0 unspecified atom stereocenters. The lowest BCUT2D eigenvalue weighted by Crippen LogP contribution is -2.00. The zero-order chi connectivity index (χ0) is 18.5. The van der Waals surface area contributed by atoms with Crippen molar-refractivity contribution in [1.82, 2.24) is 0 Å². The van der Waals surface area contributed by atoms with Crippen LogP contribution in [0.1, 0.15) is 18.1 Å². The molecule has 3 rings (SSSR count). The van der Waals surface area contributed by atoms with Crippen molar-refractivity contribution in [2.45, 2.75) is 13.8 Å². The first-order chi connectivity index (χ1) is 12.5. The van der Waals surface area contributed by atoms with Crippen molar-refractivity contribution in [2.24, 2.45) is 4.99 Å². The molecule has 0 fully saturated rings. The fraction of sp³-hybridized carbons (Fsp3) is 0.0870. The average molecular weight is 361 g/mol. The molecule has 0 radical (unpaired) electrons. The molecule has 0 saturated carbocycles. The SMILES string of the molecule is C=C(Nc1cccc(C)c1)c1c(N=C(C)Cl)cccc1-c1ccccc1. The Morgan fingerprint density at radius 1 is 0.962 bits per heavy atom. The molecule has 0 atom stereocenters. The van der Waals surface area contributed by atoms with Crippen molar-refractivity contribution in [3.63, 3.8) is 0 Å². The summed E-state index contributed by atoms with van der Waals surface area (Å²) in [7, 11) is 0. The predicted octanol–water partition coefficient (Wildman–Crippen LogP) is 7.03. The van der Waals surface area contributed by atoms with Gasteiger partial charge in [-0.25, -0.2) is 4.99 Å². The lowest BCUT2D eigenvalue weighted by Gasteiger charge is -2.17. The van der Waals surface area contributed by atoms with Gasteiger partial charge < -0.3 is 5.32 Å². The van der Waals surface area contributed by atoms with E-state index in [2.05, 4.69) is 54.1 Å². The van der Waals surface area contributed by atoms with Gasteiger partial charge in [0.05, 0.1) is 5.69 Å². The average Bonchev–Trinajstić information content (AvgIpc) is 2.61. The maximum atomic E-state index is 6.07. The van der Waals surface area contributed by atoms with E-state index < -0.39 is 0 Å². The first-order valence-corrected chi connectivity index (χ1v) is 8.84. The zero-order valence-corrected chi connectivity index (χ0v) is 15.7. The van der Waals surface area contributed by atoms with E-state index in [1.54, 1.807) is 6.92 Å². The minimum atomic E-state index is 0.486. The predicted molar refractivity (Wildman–Crippen MR) is 114 cm³/mol. The fourth-order valence-corrected chi connectivity index (χ4v) is 3.03. The third-order valence-corrected chi connectivity index (χ3v) is 4.10. The summed E-state index contributed by atoms with van der Waals surface area (Å²) < 4.78 is 0. The second-order valence-electron chi connectivity index (χ2n) is 6.15. The molecule has 0 saturated heterocycles. The van der Waals surface area contributed by atoms with Crippen molar-refractivity contribution in [2.75, 3.05) is 5.32 Å². The summed E-state index contributed by atoms with van der Waals surface area (Å²) in [5, 5.41) is 3.90. The largest absolute Gasteiger partial charge is 0.355 e. The quantitative estimate of drug-likeness (QED) is 0.485. The van der Waals surface area contributed by atoms with Gasteiger partial charge in [0.2, 0.25) is 0 Å². The van der Waals surface area contributed by atoms with Gasteiger partial charge in [0.15, 0.2) is 0 Å². The molecular weight excluding hydrogens is 340 g/mol. The highest BCUT2D eigenvalue weighted by Crippen LogP contribution is 2.36. The summed E-state index contributed by atoms with van der Waals surface area (Å²) >= 11 is 6.07. The highest BCUT2D eigenvalue weighted by molar-refractivity contribution is 6.65. The molecule has 0 aliphatic carbocycles. The standard InChI is InChI=1S/C23H21ClN2/c1-16-9-7-12-20(15-16)25-17(2)23-21(19-10-5-4-6-11-19)13-8-14-22(23)26-18(3)24/h4-15,25H,2H2,1,3H3. The van der Waals surface area contributed by atoms with Gasteiger partial charge >= 0.3 is 0 Å². The molecule has 26 heavy (non-hydrogen) atoms. The number of halogens is 1. The van der Waals surface area contributed by atoms with Gasteiger partial charge in [0.1, 0.15) is 5.17 Å². The second-order valence-corrected chi connectivity index (χ2v) is 6.69. The Labute approximate surface area is 159 Å². The summed E-state index contributed by atoms with van der Waals surface area (Å²) in [4.78, 5) is 4.51. The van der Waals surface area contributed by atoms with Crippen LogP contribution < -0.4 is 5.32 Å². The van der Waals surface area contributed by atoms with E-state index >= 15 is 0 Å². The van der Waals surface area contributed by atoms with Gasteiger partial charge in [0, 0.05) is 16.9 Å². The van der Waals surface area contributed by atoms with Gasteiger partial charge in [0.25, 0.3) is 0 Å². The molecule has 0 spiro atoms. The highest BCUT2D eigenvalue weighted by atomic mass is 35.5. The molecule has 3 aromatic rings. The molecular formula is C23H21ClN2. The molecule has 0 amide bonds. The number of benzene rings is 3. The normalized spacial score (nSPS) is 11.3. The van der Waals surface area contributed by atoms with E-state index in [1.165, 1.54) is 5.56 Å². The van der Waals surface area contributed by atoms with Crippen LogP contribution in [0.3, 0.4) is 0 Å². The van der Waals surface area contributed by atoms with Crippen LogP contribution in [-0.4, -0.2) is 5.17 Å². The maximum absolute atomic E-state index is 6.07. The Morgan fingerprint density at radius 2 is 1.69 bits per heavy atom.